The van der Waals surface area contributed by atoms with Gasteiger partial charge in [-0.3, -0.25) is 0 Å². The van der Waals surface area contributed by atoms with Crippen molar-refractivity contribution in [2.45, 2.75) is 0 Å². The van der Waals surface area contributed by atoms with Gasteiger partial charge in [0.1, 0.15) is 0 Å². The van der Waals surface area contributed by atoms with Crippen molar-refractivity contribution in [2.75, 3.05) is 0 Å². The minimum absolute atomic E-state index is 0.512. The lowest BCUT2D eigenvalue weighted by Gasteiger charge is -2.08. The third-order valence-corrected chi connectivity index (χ3v) is 16.1. The Kier molecular flexibility index (Phi) is 9.93. The molecular formula is C60H38BBrN2O2S2. The Labute approximate surface area is 408 Å². The molecule has 0 saturated carbocycles. The van der Waals surface area contributed by atoms with Gasteiger partial charge in [0.15, 0.2) is 0 Å². The fourth-order valence-corrected chi connectivity index (χ4v) is 12.6. The SMILES string of the molecule is Brc1ccc2sc3ccc(-c4ccc5c(c4)c4ccccc4n5-c4ccccc4)cc3c2c1.OB(O)c1ccc2sc3ccc(-c4ccc5c(c4)c4ccccc4n5-c4ccccc4)cc3c2c1. The van der Waals surface area contributed by atoms with Crippen LogP contribution in [0, 0.1) is 0 Å². The van der Waals surface area contributed by atoms with Crippen LogP contribution in [0.25, 0.3) is 118 Å². The largest absolute Gasteiger partial charge is 0.488 e. The minimum atomic E-state index is -1.47. The van der Waals surface area contributed by atoms with E-state index in [4.69, 9.17) is 0 Å². The van der Waals surface area contributed by atoms with E-state index in [1.165, 1.54) is 85.3 Å². The molecule has 0 spiro atoms. The number of fused-ring (bicyclic) bond motifs is 12. The summed E-state index contributed by atoms with van der Waals surface area (Å²) in [6.45, 7) is 0. The topological polar surface area (TPSA) is 50.3 Å². The lowest BCUT2D eigenvalue weighted by Crippen LogP contribution is -2.29. The summed E-state index contributed by atoms with van der Waals surface area (Å²) >= 11 is 7.22. The minimum Gasteiger partial charge on any atom is -0.423 e. The lowest BCUT2D eigenvalue weighted by molar-refractivity contribution is 0.426. The number of nitrogens with zero attached hydrogens (tertiary/aromatic N) is 2. The fraction of sp³-hybridized carbons (Fsp3) is 0. The van der Waals surface area contributed by atoms with E-state index in [-0.39, 0.29) is 0 Å². The predicted molar refractivity (Wildman–Crippen MR) is 296 cm³/mol. The first kappa shape index (κ1) is 40.9. The predicted octanol–water partition coefficient (Wildman–Crippen LogP) is 16.1. The molecule has 0 aliphatic rings. The molecule has 0 aliphatic carbocycles. The molecule has 68 heavy (non-hydrogen) atoms. The molecule has 14 rings (SSSR count). The zero-order valence-electron chi connectivity index (χ0n) is 36.3. The van der Waals surface area contributed by atoms with Crippen molar-refractivity contribution < 1.29 is 10.0 Å². The van der Waals surface area contributed by atoms with E-state index in [0.29, 0.717) is 5.46 Å². The number of benzene rings is 10. The number of thiophene rings is 2. The molecule has 0 fully saturated rings. The maximum atomic E-state index is 9.65. The Hall–Kier alpha value is -7.30. The first-order valence-electron chi connectivity index (χ1n) is 22.6. The molecule has 10 aromatic carbocycles. The quantitative estimate of drug-likeness (QED) is 0.169. The number of para-hydroxylation sites is 4. The number of hydrogen-bond donors (Lipinski definition) is 2. The van der Waals surface area contributed by atoms with Gasteiger partial charge >= 0.3 is 7.12 Å². The second kappa shape index (κ2) is 16.5. The van der Waals surface area contributed by atoms with Crippen LogP contribution in [0.3, 0.4) is 0 Å². The summed E-state index contributed by atoms with van der Waals surface area (Å²) in [4.78, 5) is 0. The van der Waals surface area contributed by atoms with Crippen LogP contribution >= 0.6 is 38.6 Å². The highest BCUT2D eigenvalue weighted by molar-refractivity contribution is 9.10. The third kappa shape index (κ3) is 6.87. The highest BCUT2D eigenvalue weighted by atomic mass is 79.9. The number of aromatic nitrogens is 2. The third-order valence-electron chi connectivity index (χ3n) is 13.3. The van der Waals surface area contributed by atoms with Crippen molar-refractivity contribution in [1.29, 1.82) is 0 Å². The van der Waals surface area contributed by atoms with Gasteiger partial charge in [-0.15, -0.1) is 22.7 Å². The number of halogens is 1. The molecule has 14 aromatic rings. The van der Waals surface area contributed by atoms with Crippen LogP contribution in [0.5, 0.6) is 0 Å². The average Bonchev–Trinajstić information content (AvgIpc) is 4.13. The highest BCUT2D eigenvalue weighted by Gasteiger charge is 2.17. The van der Waals surface area contributed by atoms with Crippen LogP contribution in [0.15, 0.2) is 223 Å². The van der Waals surface area contributed by atoms with Crippen molar-refractivity contribution in [3.8, 4) is 33.6 Å². The van der Waals surface area contributed by atoms with E-state index >= 15 is 0 Å². The van der Waals surface area contributed by atoms with Crippen molar-refractivity contribution in [3.63, 3.8) is 0 Å². The molecule has 4 aromatic heterocycles. The molecule has 8 heteroatoms. The molecule has 322 valence electrons. The average molecular weight is 974 g/mol. The van der Waals surface area contributed by atoms with Gasteiger partial charge in [-0.2, -0.15) is 0 Å². The smallest absolute Gasteiger partial charge is 0.423 e. The Bertz CT molecular complexity index is 4270. The highest BCUT2D eigenvalue weighted by Crippen LogP contribution is 2.41. The molecule has 4 nitrogen and oxygen atoms in total. The summed E-state index contributed by atoms with van der Waals surface area (Å²) in [6, 6.07) is 77.6. The van der Waals surface area contributed by atoms with Gasteiger partial charge in [0.25, 0.3) is 0 Å². The van der Waals surface area contributed by atoms with Crippen LogP contribution < -0.4 is 5.46 Å². The monoisotopic (exact) mass is 972 g/mol. The lowest BCUT2D eigenvalue weighted by atomic mass is 9.80. The van der Waals surface area contributed by atoms with Gasteiger partial charge in [-0.05, 0) is 142 Å². The molecule has 0 unspecified atom stereocenters. The second-order valence-corrected chi connectivity index (χ2v) is 20.3. The van der Waals surface area contributed by atoms with Crippen molar-refractivity contribution in [3.05, 3.63) is 223 Å². The first-order valence-corrected chi connectivity index (χ1v) is 25.0. The Morgan fingerprint density at radius 3 is 1.18 bits per heavy atom. The van der Waals surface area contributed by atoms with Crippen LogP contribution in [0.2, 0.25) is 0 Å². The summed E-state index contributed by atoms with van der Waals surface area (Å²) < 4.78 is 10.8. The molecule has 0 aliphatic heterocycles. The summed E-state index contributed by atoms with van der Waals surface area (Å²) in [5.41, 5.74) is 12.5. The normalized spacial score (nSPS) is 11.8. The molecule has 0 bridgehead atoms. The Balaban J connectivity index is 0.000000135. The van der Waals surface area contributed by atoms with Crippen molar-refractivity contribution in [1.82, 2.24) is 9.13 Å². The van der Waals surface area contributed by atoms with Gasteiger partial charge in [0.05, 0.1) is 22.1 Å². The maximum absolute atomic E-state index is 9.65. The van der Waals surface area contributed by atoms with Crippen LogP contribution in [0.1, 0.15) is 0 Å². The van der Waals surface area contributed by atoms with Crippen LogP contribution in [0.4, 0.5) is 0 Å². The van der Waals surface area contributed by atoms with Gasteiger partial charge < -0.3 is 19.2 Å². The Morgan fingerprint density at radius 2 is 0.691 bits per heavy atom. The summed E-state index contributed by atoms with van der Waals surface area (Å²) in [7, 11) is -1.47. The molecule has 0 saturated heterocycles. The fourth-order valence-electron chi connectivity index (χ4n) is 10.1. The van der Waals surface area contributed by atoms with Gasteiger partial charge in [-0.1, -0.05) is 125 Å². The first-order chi connectivity index (χ1) is 33.4. The van der Waals surface area contributed by atoms with Gasteiger partial charge in [0.2, 0.25) is 0 Å². The van der Waals surface area contributed by atoms with Crippen LogP contribution in [-0.2, 0) is 0 Å². The molecular weight excluding hydrogens is 936 g/mol. The maximum Gasteiger partial charge on any atom is 0.488 e. The van der Waals surface area contributed by atoms with E-state index in [1.807, 2.05) is 29.5 Å². The molecule has 0 atom stereocenters. The number of hydrogen-bond acceptors (Lipinski definition) is 4. The Morgan fingerprint density at radius 1 is 0.324 bits per heavy atom. The van der Waals surface area contributed by atoms with Crippen LogP contribution in [-0.4, -0.2) is 26.3 Å². The zero-order valence-corrected chi connectivity index (χ0v) is 39.6. The number of rotatable bonds is 5. The van der Waals surface area contributed by atoms with E-state index in [1.54, 1.807) is 17.4 Å². The van der Waals surface area contributed by atoms with Crippen molar-refractivity contribution >= 4 is 135 Å². The van der Waals surface area contributed by atoms with E-state index < -0.39 is 7.12 Å². The van der Waals surface area contributed by atoms with Gasteiger partial charge in [-0.25, -0.2) is 0 Å². The van der Waals surface area contributed by atoms with E-state index in [9.17, 15) is 10.0 Å². The van der Waals surface area contributed by atoms with E-state index in [0.717, 1.165) is 36.8 Å². The summed E-state index contributed by atoms with van der Waals surface area (Å²) in [5.74, 6) is 0. The molecule has 2 N–H and O–H groups in total. The molecule has 4 heterocycles. The molecule has 0 amide bonds. The second-order valence-electron chi connectivity index (χ2n) is 17.2. The standard InChI is InChI=1S/C30H20BNO2S.C30H18BrNS/c33-31(34)21-12-15-30-26(18-21)25-17-20(11-14-29(25)35-30)19-10-13-28-24(16-19)23-8-4-5-9-27(23)32(28)22-6-2-1-3-7-22;31-21-12-15-30-26(18-21)25-17-20(11-14-29(25)33-30)19-10-13-28-24(16-19)23-8-4-5-9-27(23)32(28)22-6-2-1-3-7-22/h1-18,33-34H;1-18H. The summed E-state index contributed by atoms with van der Waals surface area (Å²) in [6.07, 6.45) is 0. The molecule has 0 radical (unpaired) electrons. The van der Waals surface area contributed by atoms with Crippen molar-refractivity contribution in [2.24, 2.45) is 0 Å². The zero-order chi connectivity index (χ0) is 45.5. The summed E-state index contributed by atoms with van der Waals surface area (Å²) in [5, 5.41) is 29.2. The van der Waals surface area contributed by atoms with Gasteiger partial charge in [0, 0.05) is 72.4 Å². The van der Waals surface area contributed by atoms with E-state index in [2.05, 4.69) is 219 Å².